The van der Waals surface area contributed by atoms with Crippen LogP contribution in [0.4, 0.5) is 10.7 Å². The number of nitrogens with zero attached hydrogens (tertiary/aromatic N) is 3. The van der Waals surface area contributed by atoms with Gasteiger partial charge in [-0.1, -0.05) is 0 Å². The van der Waals surface area contributed by atoms with Crippen molar-refractivity contribution in [3.63, 3.8) is 0 Å². The monoisotopic (exact) mass is 281 g/mol. The van der Waals surface area contributed by atoms with Crippen LogP contribution in [0, 0.1) is 0 Å². The predicted molar refractivity (Wildman–Crippen MR) is 70.8 cm³/mol. The van der Waals surface area contributed by atoms with E-state index in [-0.39, 0.29) is 24.6 Å². The fraction of sp³-hybridized carbons (Fsp3) is 0.400. The standard InChI is InChI=1S/C10H15N7O3/c11-9-15-7-6(8(19)16-9)13-4-17(7)3-5(1-2-18)14-10(12)20/h4-5,18H,1-3H2,(H3,12,14,20)(H3,11,15,16,19). The second-order valence-corrected chi connectivity index (χ2v) is 4.24. The molecule has 108 valence electrons. The fourth-order valence-corrected chi connectivity index (χ4v) is 1.91. The fourth-order valence-electron chi connectivity index (χ4n) is 1.91. The highest BCUT2D eigenvalue weighted by molar-refractivity contribution is 5.72. The Morgan fingerprint density at radius 1 is 1.60 bits per heavy atom. The lowest BCUT2D eigenvalue weighted by atomic mass is 10.2. The molecular formula is C10H15N7O3. The summed E-state index contributed by atoms with van der Waals surface area (Å²) in [6, 6.07) is -1.10. The van der Waals surface area contributed by atoms with E-state index in [1.165, 1.54) is 6.33 Å². The van der Waals surface area contributed by atoms with Gasteiger partial charge in [0.15, 0.2) is 11.2 Å². The molecule has 10 nitrogen and oxygen atoms in total. The van der Waals surface area contributed by atoms with Crippen molar-refractivity contribution in [2.24, 2.45) is 5.73 Å². The van der Waals surface area contributed by atoms with Gasteiger partial charge in [0.25, 0.3) is 5.56 Å². The molecule has 1 unspecified atom stereocenters. The summed E-state index contributed by atoms with van der Waals surface area (Å²) in [6.45, 7) is 0.142. The topological polar surface area (TPSA) is 165 Å². The normalized spacial score (nSPS) is 12.4. The summed E-state index contributed by atoms with van der Waals surface area (Å²) in [7, 11) is 0. The predicted octanol–water partition coefficient (Wildman–Crippen LogP) is -1.88. The third-order valence-electron chi connectivity index (χ3n) is 2.73. The molecule has 0 saturated carbocycles. The highest BCUT2D eigenvalue weighted by atomic mass is 16.3. The van der Waals surface area contributed by atoms with Crippen LogP contribution in [0.5, 0.6) is 0 Å². The minimum atomic E-state index is -0.696. The van der Waals surface area contributed by atoms with Gasteiger partial charge in [0, 0.05) is 13.2 Å². The van der Waals surface area contributed by atoms with Crippen molar-refractivity contribution in [2.75, 3.05) is 12.3 Å². The number of nitrogens with two attached hydrogens (primary N) is 2. The molecule has 0 fully saturated rings. The van der Waals surface area contributed by atoms with E-state index < -0.39 is 17.6 Å². The summed E-state index contributed by atoms with van der Waals surface area (Å²) >= 11 is 0. The van der Waals surface area contributed by atoms with Crippen LogP contribution >= 0.6 is 0 Å². The first kappa shape index (κ1) is 13.8. The molecule has 0 aliphatic heterocycles. The number of fused-ring (bicyclic) bond motifs is 1. The van der Waals surface area contributed by atoms with E-state index in [9.17, 15) is 9.59 Å². The van der Waals surface area contributed by atoms with E-state index in [2.05, 4.69) is 20.3 Å². The molecule has 0 aliphatic rings. The minimum Gasteiger partial charge on any atom is -0.396 e. The Hall–Kier alpha value is -2.62. The Kier molecular flexibility index (Phi) is 3.84. The number of aliphatic hydroxyl groups excluding tert-OH is 1. The van der Waals surface area contributed by atoms with E-state index >= 15 is 0 Å². The summed E-state index contributed by atoms with van der Waals surface area (Å²) in [6.07, 6.45) is 1.72. The molecule has 2 rings (SSSR count). The molecule has 2 aromatic rings. The molecule has 0 spiro atoms. The molecule has 7 N–H and O–H groups in total. The number of hydrogen-bond acceptors (Lipinski definition) is 6. The third kappa shape index (κ3) is 2.85. The molecule has 2 amide bonds. The molecule has 20 heavy (non-hydrogen) atoms. The van der Waals surface area contributed by atoms with Crippen molar-refractivity contribution in [3.05, 3.63) is 16.7 Å². The molecule has 0 bridgehead atoms. The molecule has 0 radical (unpaired) electrons. The molecular weight excluding hydrogens is 266 g/mol. The van der Waals surface area contributed by atoms with Gasteiger partial charge in [-0.15, -0.1) is 0 Å². The summed E-state index contributed by atoms with van der Waals surface area (Å²) in [5.74, 6) is -0.0224. The van der Waals surface area contributed by atoms with Crippen LogP contribution in [-0.2, 0) is 6.54 Å². The zero-order valence-corrected chi connectivity index (χ0v) is 10.5. The zero-order valence-electron chi connectivity index (χ0n) is 10.5. The first-order valence-electron chi connectivity index (χ1n) is 5.88. The van der Waals surface area contributed by atoms with E-state index in [0.717, 1.165) is 0 Å². The lowest BCUT2D eigenvalue weighted by molar-refractivity contribution is 0.232. The largest absolute Gasteiger partial charge is 0.396 e. The number of urea groups is 1. The maximum Gasteiger partial charge on any atom is 0.312 e. The summed E-state index contributed by atoms with van der Waals surface area (Å²) in [5.41, 5.74) is 10.6. The van der Waals surface area contributed by atoms with Gasteiger partial charge in [0.2, 0.25) is 5.95 Å². The zero-order chi connectivity index (χ0) is 14.7. The minimum absolute atomic E-state index is 0.0224. The Labute approximate surface area is 112 Å². The molecule has 0 saturated heterocycles. The van der Waals surface area contributed by atoms with Crippen LogP contribution in [0.25, 0.3) is 11.2 Å². The van der Waals surface area contributed by atoms with Crippen molar-refractivity contribution in [1.29, 1.82) is 0 Å². The van der Waals surface area contributed by atoms with Crippen LogP contribution < -0.4 is 22.3 Å². The Bertz CT molecular complexity index is 677. The number of hydrogen-bond donors (Lipinski definition) is 5. The maximum absolute atomic E-state index is 11.6. The van der Waals surface area contributed by atoms with Gasteiger partial charge in [0.05, 0.1) is 12.4 Å². The first-order chi connectivity index (χ1) is 9.51. The van der Waals surface area contributed by atoms with Crippen LogP contribution in [-0.4, -0.2) is 43.3 Å². The number of aromatic nitrogens is 4. The smallest absolute Gasteiger partial charge is 0.312 e. The number of primary amides is 1. The number of H-pyrrole nitrogens is 1. The number of carbonyl (C=O) groups excluding carboxylic acids is 1. The summed E-state index contributed by atoms with van der Waals surface area (Å²) < 4.78 is 1.57. The lowest BCUT2D eigenvalue weighted by Crippen LogP contribution is -2.41. The number of nitrogen functional groups attached to an aromatic ring is 1. The quantitative estimate of drug-likeness (QED) is 0.430. The van der Waals surface area contributed by atoms with Crippen LogP contribution in [0.1, 0.15) is 6.42 Å². The van der Waals surface area contributed by atoms with Gasteiger partial charge in [0.1, 0.15) is 0 Å². The molecule has 2 heterocycles. The second-order valence-electron chi connectivity index (χ2n) is 4.24. The van der Waals surface area contributed by atoms with Crippen LogP contribution in [0.3, 0.4) is 0 Å². The van der Waals surface area contributed by atoms with Gasteiger partial charge in [-0.25, -0.2) is 9.78 Å². The Morgan fingerprint density at radius 2 is 2.35 bits per heavy atom. The number of nitrogens with one attached hydrogen (secondary N) is 2. The number of aromatic amines is 1. The second kappa shape index (κ2) is 5.57. The van der Waals surface area contributed by atoms with E-state index in [1.54, 1.807) is 4.57 Å². The van der Waals surface area contributed by atoms with Crippen molar-refractivity contribution >= 4 is 23.1 Å². The SMILES string of the molecule is NC(=O)NC(CCO)Cn1cnc2c(=O)[nH]c(N)nc21. The maximum atomic E-state index is 11.6. The lowest BCUT2D eigenvalue weighted by Gasteiger charge is -2.17. The van der Waals surface area contributed by atoms with Gasteiger partial charge in [-0.05, 0) is 6.42 Å². The van der Waals surface area contributed by atoms with Crippen molar-refractivity contribution < 1.29 is 9.90 Å². The van der Waals surface area contributed by atoms with E-state index in [1.807, 2.05) is 0 Å². The van der Waals surface area contributed by atoms with Crippen molar-refractivity contribution in [2.45, 2.75) is 19.0 Å². The summed E-state index contributed by atoms with van der Waals surface area (Å²) in [5, 5.41) is 11.5. The molecule has 1 atom stereocenters. The van der Waals surface area contributed by atoms with Gasteiger partial charge in [-0.3, -0.25) is 9.78 Å². The number of imidazole rings is 1. The van der Waals surface area contributed by atoms with Crippen LogP contribution in [0.2, 0.25) is 0 Å². The number of amides is 2. The number of carbonyl (C=O) groups is 1. The average Bonchev–Trinajstić information content (AvgIpc) is 2.72. The third-order valence-corrected chi connectivity index (χ3v) is 2.73. The van der Waals surface area contributed by atoms with Crippen LogP contribution in [0.15, 0.2) is 11.1 Å². The van der Waals surface area contributed by atoms with Gasteiger partial charge >= 0.3 is 6.03 Å². The molecule has 10 heteroatoms. The van der Waals surface area contributed by atoms with Gasteiger partial charge in [-0.2, -0.15) is 4.98 Å². The van der Waals surface area contributed by atoms with E-state index in [0.29, 0.717) is 12.1 Å². The van der Waals surface area contributed by atoms with Crippen molar-refractivity contribution in [3.8, 4) is 0 Å². The molecule has 2 aromatic heterocycles. The Balaban J connectivity index is 2.32. The number of aliphatic hydroxyl groups is 1. The van der Waals surface area contributed by atoms with Crippen molar-refractivity contribution in [1.82, 2.24) is 24.8 Å². The summed E-state index contributed by atoms with van der Waals surface area (Å²) in [4.78, 5) is 32.8. The highest BCUT2D eigenvalue weighted by Crippen LogP contribution is 2.08. The number of anilines is 1. The highest BCUT2D eigenvalue weighted by Gasteiger charge is 2.15. The van der Waals surface area contributed by atoms with E-state index in [4.69, 9.17) is 16.6 Å². The molecule has 0 aromatic carbocycles. The average molecular weight is 281 g/mol. The molecule has 0 aliphatic carbocycles. The van der Waals surface area contributed by atoms with Gasteiger partial charge < -0.3 is 26.5 Å². The number of rotatable bonds is 5. The first-order valence-corrected chi connectivity index (χ1v) is 5.88. The Morgan fingerprint density at radius 3 is 3.00 bits per heavy atom.